The lowest BCUT2D eigenvalue weighted by molar-refractivity contribution is 0.215. The number of rotatable bonds is 1. The Morgan fingerprint density at radius 2 is 2.00 bits per heavy atom. The highest BCUT2D eigenvalue weighted by atomic mass is 15.5. The lowest BCUT2D eigenvalue weighted by Gasteiger charge is -2.22. The van der Waals surface area contributed by atoms with E-state index in [4.69, 9.17) is 0 Å². The summed E-state index contributed by atoms with van der Waals surface area (Å²) in [4.78, 5) is 0. The Kier molecular flexibility index (Phi) is 3.17. The SMILES string of the molecule is CN1CCCCC(c2ccccc2)N1. The molecule has 0 aliphatic carbocycles. The maximum atomic E-state index is 3.53. The molecule has 0 bridgehead atoms. The van der Waals surface area contributed by atoms with Crippen LogP contribution in [0, 0.1) is 0 Å². The molecule has 2 rings (SSSR count). The van der Waals surface area contributed by atoms with Crippen LogP contribution in [0.15, 0.2) is 30.3 Å². The van der Waals surface area contributed by atoms with Crippen LogP contribution in [0.5, 0.6) is 0 Å². The van der Waals surface area contributed by atoms with Crippen LogP contribution in [-0.2, 0) is 0 Å². The summed E-state index contributed by atoms with van der Waals surface area (Å²) in [5.74, 6) is 0. The van der Waals surface area contributed by atoms with Gasteiger partial charge in [0.2, 0.25) is 0 Å². The van der Waals surface area contributed by atoms with E-state index in [-0.39, 0.29) is 0 Å². The zero-order chi connectivity index (χ0) is 9.80. The van der Waals surface area contributed by atoms with E-state index in [0.29, 0.717) is 6.04 Å². The Balaban J connectivity index is 2.09. The van der Waals surface area contributed by atoms with Gasteiger partial charge >= 0.3 is 0 Å². The molecule has 1 unspecified atom stereocenters. The predicted molar refractivity (Wildman–Crippen MR) is 58.8 cm³/mol. The van der Waals surface area contributed by atoms with E-state index in [1.54, 1.807) is 0 Å². The van der Waals surface area contributed by atoms with Gasteiger partial charge in [0.05, 0.1) is 0 Å². The van der Waals surface area contributed by atoms with E-state index in [0.717, 1.165) is 6.54 Å². The van der Waals surface area contributed by atoms with Gasteiger partial charge < -0.3 is 0 Å². The molecule has 0 aromatic heterocycles. The third kappa shape index (κ3) is 2.34. The molecule has 1 atom stereocenters. The normalized spacial score (nSPS) is 24.5. The van der Waals surface area contributed by atoms with Gasteiger partial charge in [0.15, 0.2) is 0 Å². The van der Waals surface area contributed by atoms with E-state index < -0.39 is 0 Å². The van der Waals surface area contributed by atoms with Crippen molar-refractivity contribution in [2.24, 2.45) is 0 Å². The Morgan fingerprint density at radius 1 is 1.21 bits per heavy atom. The minimum Gasteiger partial charge on any atom is -0.248 e. The molecule has 1 N–H and O–H groups in total. The molecule has 1 aliphatic heterocycles. The van der Waals surface area contributed by atoms with Crippen molar-refractivity contribution in [2.75, 3.05) is 13.6 Å². The molecule has 0 amide bonds. The van der Waals surface area contributed by atoms with Crippen molar-refractivity contribution in [1.29, 1.82) is 0 Å². The molecule has 1 heterocycles. The number of hydrogen-bond acceptors (Lipinski definition) is 2. The van der Waals surface area contributed by atoms with Crippen molar-refractivity contribution in [1.82, 2.24) is 10.4 Å². The van der Waals surface area contributed by atoms with Gasteiger partial charge in [0.25, 0.3) is 0 Å². The molecule has 76 valence electrons. The fraction of sp³-hybridized carbons (Fsp3) is 0.500. The molecule has 14 heavy (non-hydrogen) atoms. The highest BCUT2D eigenvalue weighted by molar-refractivity contribution is 5.18. The Labute approximate surface area is 85.9 Å². The average molecular weight is 190 g/mol. The van der Waals surface area contributed by atoms with Crippen LogP contribution in [0.4, 0.5) is 0 Å². The van der Waals surface area contributed by atoms with Gasteiger partial charge in [-0.1, -0.05) is 36.8 Å². The first-order chi connectivity index (χ1) is 6.86. The monoisotopic (exact) mass is 190 g/mol. The zero-order valence-electron chi connectivity index (χ0n) is 8.74. The van der Waals surface area contributed by atoms with Gasteiger partial charge in [-0.15, -0.1) is 0 Å². The topological polar surface area (TPSA) is 15.3 Å². The van der Waals surface area contributed by atoms with E-state index in [1.165, 1.54) is 24.8 Å². The lowest BCUT2D eigenvalue weighted by Crippen LogP contribution is -2.35. The summed E-state index contributed by atoms with van der Waals surface area (Å²) >= 11 is 0. The lowest BCUT2D eigenvalue weighted by atomic mass is 10.0. The van der Waals surface area contributed by atoms with Crippen molar-refractivity contribution in [3.05, 3.63) is 35.9 Å². The van der Waals surface area contributed by atoms with Gasteiger partial charge in [0, 0.05) is 19.6 Å². The number of hydrazine groups is 1. The van der Waals surface area contributed by atoms with Crippen LogP contribution in [0.1, 0.15) is 30.9 Å². The maximum Gasteiger partial charge on any atom is 0.0464 e. The Bertz CT molecular complexity index is 271. The van der Waals surface area contributed by atoms with Crippen molar-refractivity contribution in [3.8, 4) is 0 Å². The minimum absolute atomic E-state index is 0.503. The quantitative estimate of drug-likeness (QED) is 0.731. The fourth-order valence-electron chi connectivity index (χ4n) is 2.02. The van der Waals surface area contributed by atoms with Crippen LogP contribution in [0.25, 0.3) is 0 Å². The van der Waals surface area contributed by atoms with Crippen molar-refractivity contribution >= 4 is 0 Å². The Hall–Kier alpha value is -0.860. The minimum atomic E-state index is 0.503. The summed E-state index contributed by atoms with van der Waals surface area (Å²) in [6, 6.07) is 11.2. The van der Waals surface area contributed by atoms with Gasteiger partial charge in [0.1, 0.15) is 0 Å². The fourth-order valence-corrected chi connectivity index (χ4v) is 2.02. The molecule has 1 fully saturated rings. The zero-order valence-corrected chi connectivity index (χ0v) is 8.74. The van der Waals surface area contributed by atoms with E-state index in [1.807, 2.05) is 0 Å². The van der Waals surface area contributed by atoms with E-state index in [9.17, 15) is 0 Å². The van der Waals surface area contributed by atoms with Gasteiger partial charge in [-0.2, -0.15) is 0 Å². The van der Waals surface area contributed by atoms with Gasteiger partial charge in [-0.25, -0.2) is 10.4 Å². The van der Waals surface area contributed by atoms with Gasteiger partial charge in [-0.05, 0) is 18.4 Å². The van der Waals surface area contributed by atoms with Crippen LogP contribution < -0.4 is 5.43 Å². The summed E-state index contributed by atoms with van der Waals surface area (Å²) in [5.41, 5.74) is 4.93. The highest BCUT2D eigenvalue weighted by Gasteiger charge is 2.15. The van der Waals surface area contributed by atoms with E-state index in [2.05, 4.69) is 47.8 Å². The van der Waals surface area contributed by atoms with Crippen LogP contribution in [0.2, 0.25) is 0 Å². The standard InChI is InChI=1S/C12H18N2/c1-14-10-6-5-9-12(13-14)11-7-3-2-4-8-11/h2-4,7-8,12-13H,5-6,9-10H2,1H3. The van der Waals surface area contributed by atoms with Crippen LogP contribution >= 0.6 is 0 Å². The average Bonchev–Trinajstić information content (AvgIpc) is 2.44. The molecule has 1 aromatic rings. The van der Waals surface area contributed by atoms with Crippen LogP contribution in [0.3, 0.4) is 0 Å². The van der Waals surface area contributed by atoms with Crippen molar-refractivity contribution in [3.63, 3.8) is 0 Å². The molecule has 2 nitrogen and oxygen atoms in total. The second-order valence-electron chi connectivity index (χ2n) is 4.01. The first-order valence-electron chi connectivity index (χ1n) is 5.38. The highest BCUT2D eigenvalue weighted by Crippen LogP contribution is 2.21. The third-order valence-electron chi connectivity index (χ3n) is 2.81. The molecule has 0 spiro atoms. The number of hydrogen-bond donors (Lipinski definition) is 1. The second-order valence-corrected chi connectivity index (χ2v) is 4.01. The van der Waals surface area contributed by atoms with Crippen LogP contribution in [-0.4, -0.2) is 18.6 Å². The summed E-state index contributed by atoms with van der Waals surface area (Å²) in [7, 11) is 2.13. The molecule has 1 aliphatic rings. The molecule has 2 heteroatoms. The molecular weight excluding hydrogens is 172 g/mol. The number of benzene rings is 1. The smallest absolute Gasteiger partial charge is 0.0464 e. The molecule has 0 radical (unpaired) electrons. The van der Waals surface area contributed by atoms with E-state index >= 15 is 0 Å². The third-order valence-corrected chi connectivity index (χ3v) is 2.81. The van der Waals surface area contributed by atoms with Crippen molar-refractivity contribution < 1.29 is 0 Å². The molecule has 1 aromatic carbocycles. The number of nitrogens with one attached hydrogen (secondary N) is 1. The Morgan fingerprint density at radius 3 is 2.79 bits per heavy atom. The molecule has 0 saturated carbocycles. The molecule has 1 saturated heterocycles. The molecular formula is C12H18N2. The summed E-state index contributed by atoms with van der Waals surface area (Å²) in [6.45, 7) is 1.16. The summed E-state index contributed by atoms with van der Waals surface area (Å²) in [6.07, 6.45) is 3.86. The second kappa shape index (κ2) is 4.58. The first-order valence-corrected chi connectivity index (χ1v) is 5.38. The van der Waals surface area contributed by atoms with Crippen molar-refractivity contribution in [2.45, 2.75) is 25.3 Å². The predicted octanol–water partition coefficient (Wildman–Crippen LogP) is 2.35. The first kappa shape index (κ1) is 9.69. The van der Waals surface area contributed by atoms with Gasteiger partial charge in [-0.3, -0.25) is 0 Å². The largest absolute Gasteiger partial charge is 0.248 e. The summed E-state index contributed by atoms with van der Waals surface area (Å²) < 4.78 is 0. The number of nitrogens with zero attached hydrogens (tertiary/aromatic N) is 1. The maximum absolute atomic E-state index is 3.53. The summed E-state index contributed by atoms with van der Waals surface area (Å²) in [5, 5.41) is 2.21.